The number of hydrogen-bond acceptors (Lipinski definition) is 11. The Morgan fingerprint density at radius 1 is 0.719 bits per heavy atom. The maximum Gasteiger partial charge on any atom is 0.346 e. The molecule has 6 aromatic heterocycles. The molecule has 2 N–H and O–H groups in total. The summed E-state index contributed by atoms with van der Waals surface area (Å²) in [6.45, 7) is 1.85. The smallest absolute Gasteiger partial charge is 0.346 e. The van der Waals surface area contributed by atoms with Crippen LogP contribution in [-0.4, -0.2) is 69.1 Å². The lowest BCUT2D eigenvalue weighted by Gasteiger charge is -2.35. The summed E-state index contributed by atoms with van der Waals surface area (Å²) in [6.07, 6.45) is 11.1. The lowest BCUT2D eigenvalue weighted by atomic mass is 10.0. The quantitative estimate of drug-likeness (QED) is 0.140. The van der Waals surface area contributed by atoms with Crippen molar-refractivity contribution in [3.8, 4) is 11.6 Å². The van der Waals surface area contributed by atoms with Gasteiger partial charge in [0.15, 0.2) is 11.6 Å². The van der Waals surface area contributed by atoms with Gasteiger partial charge in [0.05, 0.1) is 98.3 Å². The first-order valence-electron chi connectivity index (χ1n) is 16.9. The molecular weight excluding hydrogens is 839 g/mol. The van der Waals surface area contributed by atoms with Gasteiger partial charge in [0, 0.05) is 23.4 Å². The van der Waals surface area contributed by atoms with E-state index in [1.54, 1.807) is 7.11 Å². The van der Waals surface area contributed by atoms with E-state index in [1.165, 1.54) is 71.3 Å². The fourth-order valence-electron chi connectivity index (χ4n) is 6.02. The average Bonchev–Trinajstić information content (AvgIpc) is 3.96. The van der Waals surface area contributed by atoms with E-state index in [0.29, 0.717) is 32.1 Å². The molecule has 0 spiro atoms. The number of urea groups is 2. The molecule has 1 unspecified atom stereocenters. The zero-order valence-electron chi connectivity index (χ0n) is 29.7. The van der Waals surface area contributed by atoms with E-state index in [0.717, 1.165) is 15.4 Å². The molecule has 57 heavy (non-hydrogen) atoms. The predicted octanol–water partition coefficient (Wildman–Crippen LogP) is 8.20. The Kier molecular flexibility index (Phi) is 10.4. The zero-order valence-corrected chi connectivity index (χ0v) is 32.8. The minimum Gasteiger partial charge on any atom is -0.377 e. The number of fused-ring (bicyclic) bond motifs is 2. The van der Waals surface area contributed by atoms with Gasteiger partial charge in [-0.1, -0.05) is 59.6 Å². The van der Waals surface area contributed by atoms with Gasteiger partial charge < -0.3 is 15.4 Å². The van der Waals surface area contributed by atoms with Crippen molar-refractivity contribution in [2.24, 2.45) is 0 Å². The fourth-order valence-corrected chi connectivity index (χ4v) is 7.10. The number of anilines is 4. The molecule has 0 aliphatic heterocycles. The van der Waals surface area contributed by atoms with Gasteiger partial charge in [-0.05, 0) is 47.1 Å². The average molecular weight is 867 g/mol. The highest BCUT2D eigenvalue weighted by Crippen LogP contribution is 2.38. The Bertz CT molecular complexity index is 2770. The molecule has 4 amide bonds. The number of aromatic nitrogens is 10. The fraction of sp³-hybridized carbons (Fsp3) is 0.0811. The molecule has 284 valence electrons. The number of halogens is 3. The number of pyridine rings is 4. The normalized spacial score (nSPS) is 11.7. The summed E-state index contributed by atoms with van der Waals surface area (Å²) in [5.74, 6) is 0.411. The highest BCUT2D eigenvalue weighted by Gasteiger charge is 2.34. The molecule has 0 aliphatic rings. The van der Waals surface area contributed by atoms with E-state index in [1.807, 2.05) is 55.5 Å². The van der Waals surface area contributed by atoms with Gasteiger partial charge in [-0.2, -0.15) is 30.4 Å². The van der Waals surface area contributed by atoms with Crippen molar-refractivity contribution >= 4 is 95.7 Å². The molecule has 0 saturated heterocycles. The van der Waals surface area contributed by atoms with E-state index in [2.05, 4.69) is 66.9 Å². The maximum absolute atomic E-state index is 15.1. The molecule has 20 heteroatoms. The first-order valence-corrected chi connectivity index (χ1v) is 18.5. The summed E-state index contributed by atoms with van der Waals surface area (Å²) in [5.41, 5.74) is 2.71. The largest absolute Gasteiger partial charge is 0.377 e. The van der Waals surface area contributed by atoms with Gasteiger partial charge in [0.2, 0.25) is 0 Å². The number of ether oxygens (including phenoxy) is 1. The van der Waals surface area contributed by atoms with E-state index < -0.39 is 18.2 Å². The Labute approximate surface area is 341 Å². The molecule has 0 bridgehead atoms. The van der Waals surface area contributed by atoms with Gasteiger partial charge in [-0.25, -0.2) is 19.6 Å². The van der Waals surface area contributed by atoms with Crippen molar-refractivity contribution in [1.29, 1.82) is 0 Å². The van der Waals surface area contributed by atoms with Gasteiger partial charge in [0.25, 0.3) is 0 Å². The van der Waals surface area contributed by atoms with Crippen LogP contribution < -0.4 is 20.7 Å². The van der Waals surface area contributed by atoms with Crippen LogP contribution in [0.4, 0.5) is 32.3 Å². The van der Waals surface area contributed by atoms with Gasteiger partial charge >= 0.3 is 12.1 Å². The molecule has 0 radical (unpaired) electrons. The number of amides is 4. The molecule has 6 heterocycles. The first kappa shape index (κ1) is 37.3. The summed E-state index contributed by atoms with van der Waals surface area (Å²) in [6, 6.07) is 16.1. The number of hydrazine groups is 1. The number of hydrogen-bond donors (Lipinski definition) is 2. The second-order valence-corrected chi connectivity index (χ2v) is 13.7. The Morgan fingerprint density at radius 3 is 1.91 bits per heavy atom. The van der Waals surface area contributed by atoms with E-state index in [-0.39, 0.29) is 38.7 Å². The van der Waals surface area contributed by atoms with Crippen LogP contribution in [0.15, 0.2) is 115 Å². The van der Waals surface area contributed by atoms with Gasteiger partial charge in [-0.3, -0.25) is 9.97 Å². The summed E-state index contributed by atoms with van der Waals surface area (Å²) in [7, 11) is 1.57. The third-order valence-electron chi connectivity index (χ3n) is 8.66. The van der Waals surface area contributed by atoms with Crippen LogP contribution in [0.25, 0.3) is 33.4 Å². The first-order chi connectivity index (χ1) is 27.7. The molecule has 17 nitrogen and oxygen atoms in total. The highest BCUT2D eigenvalue weighted by atomic mass is 79.9. The Balaban J connectivity index is 1.29. The van der Waals surface area contributed by atoms with Gasteiger partial charge in [0.1, 0.15) is 5.69 Å². The Hall–Kier alpha value is -6.60. The minimum absolute atomic E-state index is 0.0648. The van der Waals surface area contributed by atoms with Crippen LogP contribution >= 0.6 is 39.1 Å². The van der Waals surface area contributed by atoms with Crippen molar-refractivity contribution in [2.75, 3.05) is 27.8 Å². The molecule has 0 fully saturated rings. The Morgan fingerprint density at radius 2 is 1.28 bits per heavy atom. The second-order valence-electron chi connectivity index (χ2n) is 12.1. The van der Waals surface area contributed by atoms with Gasteiger partial charge in [-0.15, -0.1) is 9.59 Å². The molecular formula is C37H27BrCl2N14O3. The molecule has 1 atom stereocenters. The topological polar surface area (TPSA) is 187 Å². The van der Waals surface area contributed by atoms with Crippen molar-refractivity contribution in [2.45, 2.75) is 13.0 Å². The van der Waals surface area contributed by atoms with Crippen molar-refractivity contribution < 1.29 is 14.3 Å². The highest BCUT2D eigenvalue weighted by molar-refractivity contribution is 9.10. The van der Waals surface area contributed by atoms with Crippen molar-refractivity contribution in [3.63, 3.8) is 0 Å². The molecule has 0 saturated carbocycles. The van der Waals surface area contributed by atoms with Crippen molar-refractivity contribution in [3.05, 3.63) is 130 Å². The lowest BCUT2D eigenvalue weighted by molar-refractivity contribution is 0.121. The monoisotopic (exact) mass is 864 g/mol. The maximum atomic E-state index is 15.1. The SMILES string of the molecule is COC(C)c1c(NC(=O)N(c2cnc(-n3nccn3)c(Cl)c2)N(C(=O)Nc2cnc(-n3nccn3)c(Cl)c2)c2cnc3ccccc3c2Br)cnc2ccccc12. The molecule has 0 aliphatic carbocycles. The van der Waals surface area contributed by atoms with E-state index >= 15 is 4.79 Å². The molecule has 8 aromatic rings. The number of carbonyl (C=O) groups excluding carboxylic acids is 2. The number of nitrogens with one attached hydrogen (secondary N) is 2. The number of rotatable bonds is 8. The minimum atomic E-state index is -0.832. The van der Waals surface area contributed by atoms with Crippen LogP contribution in [0.5, 0.6) is 0 Å². The van der Waals surface area contributed by atoms with Crippen LogP contribution in [0.1, 0.15) is 18.6 Å². The number of methoxy groups -OCH3 is 1. The van der Waals surface area contributed by atoms with Crippen LogP contribution in [0, 0.1) is 0 Å². The predicted molar refractivity (Wildman–Crippen MR) is 218 cm³/mol. The third-order valence-corrected chi connectivity index (χ3v) is 10.1. The lowest BCUT2D eigenvalue weighted by Crippen LogP contribution is -2.54. The van der Waals surface area contributed by atoms with Crippen molar-refractivity contribution in [1.82, 2.24) is 49.9 Å². The standard InChI is InChI=1S/C37H27BrCl2N14O3/c1-21(57-2)32-24-7-3-5-9-28(24)41-19-30(32)50-37(56)51(23-16-27(40)35(44-18-23)54-47-13-14-48-54)52(31-20-42-29-10-6-4-8-25(29)33(31)38)36(55)49-22-15-26(39)34(43-17-22)53-45-11-12-46-53/h3-21H,1-2H3,(H,49,55)(H,50,56). The number of para-hydroxylation sites is 2. The van der Waals surface area contributed by atoms with Crippen LogP contribution in [0.3, 0.4) is 0 Å². The van der Waals surface area contributed by atoms with Crippen LogP contribution in [0.2, 0.25) is 10.0 Å². The third kappa shape index (κ3) is 7.29. The summed E-state index contributed by atoms with van der Waals surface area (Å²) in [4.78, 5) is 50.5. The molecule has 8 rings (SSSR count). The number of nitrogens with zero attached hydrogens (tertiary/aromatic N) is 12. The summed E-state index contributed by atoms with van der Waals surface area (Å²) >= 11 is 17.1. The van der Waals surface area contributed by atoms with E-state index in [9.17, 15) is 4.79 Å². The summed E-state index contributed by atoms with van der Waals surface area (Å²) in [5, 5.41) is 26.0. The number of carbonyl (C=O) groups is 2. The zero-order chi connectivity index (χ0) is 39.6. The van der Waals surface area contributed by atoms with E-state index in [4.69, 9.17) is 27.9 Å². The second kappa shape index (κ2) is 15.9. The number of benzene rings is 2. The molecule has 2 aromatic carbocycles. The summed E-state index contributed by atoms with van der Waals surface area (Å²) < 4.78 is 6.19. The van der Waals surface area contributed by atoms with Crippen LogP contribution in [-0.2, 0) is 4.74 Å².